The van der Waals surface area contributed by atoms with E-state index in [1.165, 1.54) is 11.3 Å². The van der Waals surface area contributed by atoms with Gasteiger partial charge in [0.2, 0.25) is 5.91 Å². The zero-order valence-electron chi connectivity index (χ0n) is 15.3. The van der Waals surface area contributed by atoms with Crippen LogP contribution in [0.1, 0.15) is 22.3 Å². The highest BCUT2D eigenvalue weighted by molar-refractivity contribution is 7.17. The van der Waals surface area contributed by atoms with Gasteiger partial charge in [-0.3, -0.25) is 9.59 Å². The number of hydrogen-bond donors (Lipinski definition) is 2. The molecule has 0 aliphatic heterocycles. The number of thiazole rings is 1. The summed E-state index contributed by atoms with van der Waals surface area (Å²) in [6.45, 7) is 3.33. The van der Waals surface area contributed by atoms with Crippen molar-refractivity contribution in [1.82, 2.24) is 15.6 Å². The SMILES string of the molecule is CCNC(=O)CNC(=O)COC(=O)c1sc(-c2ccc(OC)cc2)nc1C. The number of nitrogens with zero attached hydrogens (tertiary/aromatic N) is 1. The minimum absolute atomic E-state index is 0.161. The number of carbonyl (C=O) groups is 3. The van der Waals surface area contributed by atoms with Crippen molar-refractivity contribution in [1.29, 1.82) is 0 Å². The molecule has 2 N–H and O–H groups in total. The molecule has 0 fully saturated rings. The first-order valence-electron chi connectivity index (χ1n) is 8.27. The van der Waals surface area contributed by atoms with Crippen LogP contribution >= 0.6 is 11.3 Å². The summed E-state index contributed by atoms with van der Waals surface area (Å²) in [6, 6.07) is 7.31. The average molecular weight is 391 g/mol. The fourth-order valence-electron chi connectivity index (χ4n) is 2.13. The lowest BCUT2D eigenvalue weighted by atomic mass is 10.2. The number of rotatable bonds is 8. The Morgan fingerprint density at radius 2 is 1.81 bits per heavy atom. The van der Waals surface area contributed by atoms with E-state index in [2.05, 4.69) is 15.6 Å². The zero-order valence-corrected chi connectivity index (χ0v) is 16.1. The number of hydrogen-bond acceptors (Lipinski definition) is 7. The van der Waals surface area contributed by atoms with Crippen LogP contribution in [0.4, 0.5) is 0 Å². The molecule has 9 heteroatoms. The van der Waals surface area contributed by atoms with Crippen LogP contribution in [-0.4, -0.2) is 49.6 Å². The molecule has 144 valence electrons. The highest BCUT2D eigenvalue weighted by Gasteiger charge is 2.19. The number of benzene rings is 1. The van der Waals surface area contributed by atoms with Crippen LogP contribution in [0.25, 0.3) is 10.6 Å². The molecule has 0 saturated heterocycles. The van der Waals surface area contributed by atoms with E-state index >= 15 is 0 Å². The number of aryl methyl sites for hydroxylation is 1. The summed E-state index contributed by atoms with van der Waals surface area (Å²) in [4.78, 5) is 39.9. The zero-order chi connectivity index (χ0) is 19.8. The fraction of sp³-hybridized carbons (Fsp3) is 0.333. The first-order chi connectivity index (χ1) is 12.9. The van der Waals surface area contributed by atoms with Crippen LogP contribution in [0.5, 0.6) is 5.75 Å². The molecule has 0 unspecified atom stereocenters. The number of amides is 2. The van der Waals surface area contributed by atoms with Gasteiger partial charge >= 0.3 is 5.97 Å². The maximum atomic E-state index is 12.2. The quantitative estimate of drug-likeness (QED) is 0.661. The number of carbonyl (C=O) groups excluding carboxylic acids is 3. The third-order valence-electron chi connectivity index (χ3n) is 3.47. The molecule has 1 heterocycles. The summed E-state index contributed by atoms with van der Waals surface area (Å²) >= 11 is 1.19. The average Bonchev–Trinajstić information content (AvgIpc) is 3.06. The van der Waals surface area contributed by atoms with Gasteiger partial charge in [0.15, 0.2) is 6.61 Å². The largest absolute Gasteiger partial charge is 0.497 e. The van der Waals surface area contributed by atoms with Crippen LogP contribution < -0.4 is 15.4 Å². The van der Waals surface area contributed by atoms with Gasteiger partial charge < -0.3 is 20.1 Å². The molecule has 0 spiro atoms. The topological polar surface area (TPSA) is 107 Å². The Morgan fingerprint density at radius 1 is 1.11 bits per heavy atom. The van der Waals surface area contributed by atoms with Crippen LogP contribution in [0, 0.1) is 6.92 Å². The minimum Gasteiger partial charge on any atom is -0.497 e. The predicted molar refractivity (Wildman–Crippen MR) is 101 cm³/mol. The van der Waals surface area contributed by atoms with E-state index in [1.54, 1.807) is 21.0 Å². The molecule has 2 aromatic rings. The monoisotopic (exact) mass is 391 g/mol. The molecule has 0 saturated carbocycles. The van der Waals surface area contributed by atoms with Crippen molar-refractivity contribution < 1.29 is 23.9 Å². The Kier molecular flexibility index (Phi) is 7.30. The summed E-state index contributed by atoms with van der Waals surface area (Å²) in [6.07, 6.45) is 0. The van der Waals surface area contributed by atoms with E-state index in [0.717, 1.165) is 11.3 Å². The Balaban J connectivity index is 1.93. The van der Waals surface area contributed by atoms with E-state index < -0.39 is 18.5 Å². The van der Waals surface area contributed by atoms with Crippen LogP contribution in [0.2, 0.25) is 0 Å². The van der Waals surface area contributed by atoms with Gasteiger partial charge in [-0.25, -0.2) is 9.78 Å². The number of methoxy groups -OCH3 is 1. The van der Waals surface area contributed by atoms with Gasteiger partial charge in [0.05, 0.1) is 19.3 Å². The third kappa shape index (κ3) is 5.78. The van der Waals surface area contributed by atoms with Crippen LogP contribution in [-0.2, 0) is 14.3 Å². The van der Waals surface area contributed by atoms with E-state index in [9.17, 15) is 14.4 Å². The van der Waals surface area contributed by atoms with E-state index in [-0.39, 0.29) is 12.5 Å². The van der Waals surface area contributed by atoms with Crippen molar-refractivity contribution in [3.8, 4) is 16.3 Å². The van der Waals surface area contributed by atoms with Crippen molar-refractivity contribution in [3.63, 3.8) is 0 Å². The van der Waals surface area contributed by atoms with Gasteiger partial charge in [-0.2, -0.15) is 0 Å². The Labute approximate surface area is 160 Å². The van der Waals surface area contributed by atoms with Gasteiger partial charge in [-0.05, 0) is 38.1 Å². The normalized spacial score (nSPS) is 10.2. The van der Waals surface area contributed by atoms with E-state index in [1.807, 2.05) is 24.3 Å². The fourth-order valence-corrected chi connectivity index (χ4v) is 3.09. The lowest BCUT2D eigenvalue weighted by Crippen LogP contribution is -2.38. The van der Waals surface area contributed by atoms with Crippen molar-refractivity contribution in [2.45, 2.75) is 13.8 Å². The second-order valence-electron chi connectivity index (χ2n) is 5.47. The lowest BCUT2D eigenvalue weighted by Gasteiger charge is -2.06. The maximum absolute atomic E-state index is 12.2. The Bertz CT molecular complexity index is 817. The number of ether oxygens (including phenoxy) is 2. The van der Waals surface area contributed by atoms with Gasteiger partial charge in [0.1, 0.15) is 15.6 Å². The molecule has 1 aromatic heterocycles. The molecular formula is C18H21N3O5S. The van der Waals surface area contributed by atoms with Gasteiger partial charge in [0.25, 0.3) is 5.91 Å². The Morgan fingerprint density at radius 3 is 2.44 bits per heavy atom. The summed E-state index contributed by atoms with van der Waals surface area (Å²) in [5, 5.41) is 5.60. The standard InChI is InChI=1S/C18H21N3O5S/c1-4-19-14(22)9-20-15(23)10-26-18(24)16-11(2)21-17(27-16)12-5-7-13(25-3)8-6-12/h5-8H,4,9-10H2,1-3H3,(H,19,22)(H,20,23). The number of aromatic nitrogens is 1. The first-order valence-corrected chi connectivity index (χ1v) is 9.08. The van der Waals surface area contributed by atoms with E-state index in [4.69, 9.17) is 9.47 Å². The molecular weight excluding hydrogens is 370 g/mol. The van der Waals surface area contributed by atoms with Crippen molar-refractivity contribution in [2.75, 3.05) is 26.8 Å². The predicted octanol–water partition coefficient (Wildman–Crippen LogP) is 1.54. The summed E-state index contributed by atoms with van der Waals surface area (Å²) < 4.78 is 10.1. The smallest absolute Gasteiger partial charge is 0.350 e. The van der Waals surface area contributed by atoms with Crippen molar-refractivity contribution in [3.05, 3.63) is 34.8 Å². The van der Waals surface area contributed by atoms with Gasteiger partial charge in [0, 0.05) is 12.1 Å². The highest BCUT2D eigenvalue weighted by Crippen LogP contribution is 2.29. The molecule has 0 aliphatic carbocycles. The van der Waals surface area contributed by atoms with Crippen LogP contribution in [0.3, 0.4) is 0 Å². The molecule has 1 aromatic carbocycles. The van der Waals surface area contributed by atoms with Gasteiger partial charge in [-0.15, -0.1) is 11.3 Å². The summed E-state index contributed by atoms with van der Waals surface area (Å²) in [7, 11) is 1.59. The molecule has 0 bridgehead atoms. The summed E-state index contributed by atoms with van der Waals surface area (Å²) in [5.74, 6) is -0.755. The van der Waals surface area contributed by atoms with Crippen molar-refractivity contribution in [2.24, 2.45) is 0 Å². The summed E-state index contributed by atoms with van der Waals surface area (Å²) in [5.41, 5.74) is 1.38. The number of esters is 1. The Hall–Kier alpha value is -2.94. The second kappa shape index (κ2) is 9.67. The maximum Gasteiger partial charge on any atom is 0.350 e. The molecule has 0 aliphatic rings. The number of nitrogens with one attached hydrogen (secondary N) is 2. The molecule has 0 atom stereocenters. The van der Waals surface area contributed by atoms with Crippen LogP contribution in [0.15, 0.2) is 24.3 Å². The lowest BCUT2D eigenvalue weighted by molar-refractivity contribution is -0.127. The van der Waals surface area contributed by atoms with Gasteiger partial charge in [-0.1, -0.05) is 0 Å². The third-order valence-corrected chi connectivity index (χ3v) is 4.66. The molecule has 2 amide bonds. The van der Waals surface area contributed by atoms with Crippen molar-refractivity contribution >= 4 is 29.1 Å². The molecule has 8 nitrogen and oxygen atoms in total. The second-order valence-corrected chi connectivity index (χ2v) is 6.47. The molecule has 27 heavy (non-hydrogen) atoms. The first kappa shape index (κ1) is 20.4. The van der Waals surface area contributed by atoms with E-state index in [0.29, 0.717) is 22.1 Å². The molecule has 0 radical (unpaired) electrons. The number of likely N-dealkylation sites (N-methyl/N-ethyl adjacent to an activating group) is 1. The highest BCUT2D eigenvalue weighted by atomic mass is 32.1. The minimum atomic E-state index is -0.627. The molecule has 2 rings (SSSR count).